The van der Waals surface area contributed by atoms with Crippen molar-refractivity contribution < 1.29 is 19.2 Å². The largest absolute Gasteiger partial charge is 0.497 e. The van der Waals surface area contributed by atoms with E-state index >= 15 is 0 Å². The van der Waals surface area contributed by atoms with Crippen LogP contribution >= 0.6 is 0 Å². The summed E-state index contributed by atoms with van der Waals surface area (Å²) in [6, 6.07) is 2.76. The molecule has 0 heterocycles. The van der Waals surface area contributed by atoms with Crippen molar-refractivity contribution in [3.63, 3.8) is 0 Å². The van der Waals surface area contributed by atoms with E-state index in [1.165, 1.54) is 19.2 Å². The smallest absolute Gasteiger partial charge is 0.495 e. The monoisotopic (exact) mass is 184 g/mol. The third-order valence-electron chi connectivity index (χ3n) is 1.71. The first-order valence-corrected chi connectivity index (χ1v) is 3.76. The minimum Gasteiger partial charge on any atom is -0.497 e. The second-order valence-corrected chi connectivity index (χ2v) is 2.74. The van der Waals surface area contributed by atoms with Crippen molar-refractivity contribution in [2.75, 3.05) is 7.11 Å². The SMILES string of the molecule is COc1cc(C)cc(F)c1B(O)O. The number of methoxy groups -OCH3 is 1. The number of hydrogen-bond donors (Lipinski definition) is 2. The molecule has 13 heavy (non-hydrogen) atoms. The summed E-state index contributed by atoms with van der Waals surface area (Å²) in [4.78, 5) is 0. The second-order valence-electron chi connectivity index (χ2n) is 2.74. The van der Waals surface area contributed by atoms with Gasteiger partial charge in [0.1, 0.15) is 11.6 Å². The summed E-state index contributed by atoms with van der Waals surface area (Å²) >= 11 is 0. The molecule has 0 unspecified atom stereocenters. The van der Waals surface area contributed by atoms with Crippen LogP contribution < -0.4 is 10.2 Å². The fourth-order valence-electron chi connectivity index (χ4n) is 1.14. The minimum atomic E-state index is -1.85. The average Bonchev–Trinajstić information content (AvgIpc) is 2.01. The Hall–Kier alpha value is -1.07. The Morgan fingerprint density at radius 2 is 2.00 bits per heavy atom. The van der Waals surface area contributed by atoms with E-state index in [2.05, 4.69) is 0 Å². The van der Waals surface area contributed by atoms with E-state index in [0.29, 0.717) is 5.56 Å². The molecule has 0 atom stereocenters. The zero-order valence-electron chi connectivity index (χ0n) is 7.41. The van der Waals surface area contributed by atoms with Crippen LogP contribution in [-0.2, 0) is 0 Å². The lowest BCUT2D eigenvalue weighted by atomic mass is 9.78. The molecule has 70 valence electrons. The molecule has 0 aromatic heterocycles. The number of hydrogen-bond acceptors (Lipinski definition) is 3. The fourth-order valence-corrected chi connectivity index (χ4v) is 1.14. The van der Waals surface area contributed by atoms with Crippen molar-refractivity contribution >= 4 is 12.6 Å². The number of rotatable bonds is 2. The van der Waals surface area contributed by atoms with Crippen LogP contribution in [-0.4, -0.2) is 24.3 Å². The van der Waals surface area contributed by atoms with Gasteiger partial charge in [0.05, 0.1) is 12.6 Å². The summed E-state index contributed by atoms with van der Waals surface area (Å²) < 4.78 is 18.0. The Balaban J connectivity index is 3.30. The molecule has 2 N–H and O–H groups in total. The molecule has 0 radical (unpaired) electrons. The predicted molar refractivity (Wildman–Crippen MR) is 47.5 cm³/mol. The van der Waals surface area contributed by atoms with E-state index in [1.807, 2.05) is 0 Å². The molecule has 0 spiro atoms. The van der Waals surface area contributed by atoms with Crippen LogP contribution in [0.4, 0.5) is 4.39 Å². The summed E-state index contributed by atoms with van der Waals surface area (Å²) in [5.74, 6) is -0.528. The maximum atomic E-state index is 13.1. The van der Waals surface area contributed by atoms with Gasteiger partial charge in [0.2, 0.25) is 0 Å². The summed E-state index contributed by atoms with van der Waals surface area (Å²) in [6.07, 6.45) is 0. The molecule has 0 bridgehead atoms. The molecular weight excluding hydrogens is 174 g/mol. The van der Waals surface area contributed by atoms with Crippen LogP contribution in [0.3, 0.4) is 0 Å². The first kappa shape index (κ1) is 10.0. The van der Waals surface area contributed by atoms with Crippen molar-refractivity contribution in [1.29, 1.82) is 0 Å². The fraction of sp³-hybridized carbons (Fsp3) is 0.250. The maximum Gasteiger partial charge on any atom is 0.495 e. The lowest BCUT2D eigenvalue weighted by Gasteiger charge is -2.09. The van der Waals surface area contributed by atoms with Crippen molar-refractivity contribution in [3.05, 3.63) is 23.5 Å². The van der Waals surface area contributed by atoms with Gasteiger partial charge in [-0.3, -0.25) is 0 Å². The molecule has 1 aromatic carbocycles. The Bertz CT molecular complexity index is 315. The Morgan fingerprint density at radius 1 is 1.38 bits per heavy atom. The van der Waals surface area contributed by atoms with Gasteiger partial charge in [0, 0.05) is 0 Å². The van der Waals surface area contributed by atoms with Gasteiger partial charge in [-0.05, 0) is 24.6 Å². The van der Waals surface area contributed by atoms with Crippen molar-refractivity contribution in [2.24, 2.45) is 0 Å². The molecule has 0 fully saturated rings. The third-order valence-corrected chi connectivity index (χ3v) is 1.71. The molecule has 5 heteroatoms. The van der Waals surface area contributed by atoms with Crippen molar-refractivity contribution in [2.45, 2.75) is 6.92 Å². The molecule has 0 saturated heterocycles. The van der Waals surface area contributed by atoms with E-state index in [1.54, 1.807) is 6.92 Å². The predicted octanol–water partition coefficient (Wildman–Crippen LogP) is -0.177. The highest BCUT2D eigenvalue weighted by Crippen LogP contribution is 2.13. The summed E-state index contributed by atoms with van der Waals surface area (Å²) in [7, 11) is -0.504. The quantitative estimate of drug-likeness (QED) is 0.627. The summed E-state index contributed by atoms with van der Waals surface area (Å²) in [5.41, 5.74) is 0.437. The van der Waals surface area contributed by atoms with E-state index in [4.69, 9.17) is 14.8 Å². The van der Waals surface area contributed by atoms with Gasteiger partial charge >= 0.3 is 7.12 Å². The van der Waals surface area contributed by atoms with Gasteiger partial charge in [-0.15, -0.1) is 0 Å². The molecule has 0 amide bonds. The Morgan fingerprint density at radius 3 is 2.46 bits per heavy atom. The summed E-state index contributed by atoms with van der Waals surface area (Å²) in [6.45, 7) is 1.69. The third kappa shape index (κ3) is 1.99. The normalized spacial score (nSPS) is 9.92. The van der Waals surface area contributed by atoms with Crippen LogP contribution in [0.15, 0.2) is 12.1 Å². The van der Waals surface area contributed by atoms with E-state index < -0.39 is 12.9 Å². The van der Waals surface area contributed by atoms with Crippen LogP contribution in [0.5, 0.6) is 5.75 Å². The standard InChI is InChI=1S/C8H10BFO3/c1-5-3-6(10)8(9(11)12)7(4-5)13-2/h3-4,11-12H,1-2H3. The highest BCUT2D eigenvalue weighted by atomic mass is 19.1. The number of aryl methyl sites for hydroxylation is 1. The highest BCUT2D eigenvalue weighted by Gasteiger charge is 2.22. The number of halogens is 1. The zero-order valence-corrected chi connectivity index (χ0v) is 7.41. The molecule has 0 saturated carbocycles. The minimum absolute atomic E-state index is 0.146. The van der Waals surface area contributed by atoms with Crippen molar-refractivity contribution in [3.8, 4) is 5.75 Å². The van der Waals surface area contributed by atoms with Gasteiger partial charge in [-0.25, -0.2) is 4.39 Å². The van der Waals surface area contributed by atoms with E-state index in [0.717, 1.165) is 0 Å². The maximum absolute atomic E-state index is 13.1. The molecule has 0 aliphatic rings. The Labute approximate surface area is 75.9 Å². The second kappa shape index (κ2) is 3.76. The molecule has 1 rings (SSSR count). The van der Waals surface area contributed by atoms with Gasteiger partial charge in [0.15, 0.2) is 0 Å². The van der Waals surface area contributed by atoms with Crippen LogP contribution in [0.25, 0.3) is 0 Å². The lowest BCUT2D eigenvalue weighted by molar-refractivity contribution is 0.398. The van der Waals surface area contributed by atoms with E-state index in [-0.39, 0.29) is 11.2 Å². The number of ether oxygens (including phenoxy) is 1. The highest BCUT2D eigenvalue weighted by molar-refractivity contribution is 6.59. The topological polar surface area (TPSA) is 49.7 Å². The van der Waals surface area contributed by atoms with Crippen LogP contribution in [0, 0.1) is 12.7 Å². The molecular formula is C8H10BFO3. The lowest BCUT2D eigenvalue weighted by Crippen LogP contribution is -2.34. The Kier molecular flexibility index (Phi) is 2.90. The number of benzene rings is 1. The molecule has 0 aliphatic carbocycles. The molecule has 0 aliphatic heterocycles. The molecule has 3 nitrogen and oxygen atoms in total. The van der Waals surface area contributed by atoms with Crippen LogP contribution in [0.1, 0.15) is 5.56 Å². The average molecular weight is 184 g/mol. The zero-order chi connectivity index (χ0) is 10.0. The van der Waals surface area contributed by atoms with Gasteiger partial charge in [-0.2, -0.15) is 0 Å². The summed E-state index contributed by atoms with van der Waals surface area (Å²) in [5, 5.41) is 17.7. The van der Waals surface area contributed by atoms with E-state index in [9.17, 15) is 4.39 Å². The molecule has 1 aromatic rings. The first-order valence-electron chi connectivity index (χ1n) is 3.76. The van der Waals surface area contributed by atoms with Gasteiger partial charge < -0.3 is 14.8 Å². The van der Waals surface area contributed by atoms with Gasteiger partial charge in [0.25, 0.3) is 0 Å². The first-order chi connectivity index (χ1) is 6.06. The van der Waals surface area contributed by atoms with Gasteiger partial charge in [-0.1, -0.05) is 0 Å². The van der Waals surface area contributed by atoms with Crippen molar-refractivity contribution in [1.82, 2.24) is 0 Å². The van der Waals surface area contributed by atoms with Crippen LogP contribution in [0.2, 0.25) is 0 Å².